The van der Waals surface area contributed by atoms with Gasteiger partial charge in [0.15, 0.2) is 11.5 Å². The molecular formula is C17H26N2O3. The smallest absolute Gasteiger partial charge is 0.320 e. The van der Waals surface area contributed by atoms with E-state index in [1.165, 1.54) is 5.56 Å². The Morgan fingerprint density at radius 2 is 1.73 bits per heavy atom. The molecule has 2 rings (SSSR count). The zero-order valence-corrected chi connectivity index (χ0v) is 14.2. The number of nitrogens with zero attached hydrogens (tertiary/aromatic N) is 2. The number of methoxy groups -OCH3 is 2. The Labute approximate surface area is 132 Å². The number of amides is 2. The Morgan fingerprint density at radius 1 is 1.18 bits per heavy atom. The SMILES string of the molecule is CCN(CC)C(=O)N1Cc2cc(OC)c(OC)cc2CC1C. The lowest BCUT2D eigenvalue weighted by Gasteiger charge is -2.38. The first-order chi connectivity index (χ1) is 10.5. The maximum absolute atomic E-state index is 12.7. The molecule has 122 valence electrons. The summed E-state index contributed by atoms with van der Waals surface area (Å²) in [7, 11) is 3.28. The minimum Gasteiger partial charge on any atom is -0.493 e. The highest BCUT2D eigenvalue weighted by Gasteiger charge is 2.30. The molecule has 1 aromatic rings. The largest absolute Gasteiger partial charge is 0.493 e. The molecule has 1 aliphatic heterocycles. The molecule has 2 amide bonds. The van der Waals surface area contributed by atoms with Crippen molar-refractivity contribution in [3.05, 3.63) is 23.3 Å². The van der Waals surface area contributed by atoms with E-state index in [1.54, 1.807) is 14.2 Å². The van der Waals surface area contributed by atoms with Crippen molar-refractivity contribution in [1.82, 2.24) is 9.80 Å². The van der Waals surface area contributed by atoms with Gasteiger partial charge < -0.3 is 19.3 Å². The van der Waals surface area contributed by atoms with E-state index in [0.717, 1.165) is 30.8 Å². The molecule has 0 saturated carbocycles. The fourth-order valence-corrected chi connectivity index (χ4v) is 3.00. The molecule has 0 spiro atoms. The number of fused-ring (bicyclic) bond motifs is 1. The van der Waals surface area contributed by atoms with Crippen molar-refractivity contribution in [3.8, 4) is 11.5 Å². The number of ether oxygens (including phenoxy) is 2. The first-order valence-electron chi connectivity index (χ1n) is 7.84. The minimum absolute atomic E-state index is 0.109. The summed E-state index contributed by atoms with van der Waals surface area (Å²) in [6.45, 7) is 8.21. The zero-order valence-electron chi connectivity index (χ0n) is 14.2. The van der Waals surface area contributed by atoms with Crippen LogP contribution in [0.1, 0.15) is 31.9 Å². The van der Waals surface area contributed by atoms with Crippen LogP contribution in [0, 0.1) is 0 Å². The van der Waals surface area contributed by atoms with Crippen LogP contribution in [0.3, 0.4) is 0 Å². The number of urea groups is 1. The first-order valence-corrected chi connectivity index (χ1v) is 7.84. The van der Waals surface area contributed by atoms with Crippen LogP contribution in [0.4, 0.5) is 4.79 Å². The molecular weight excluding hydrogens is 280 g/mol. The summed E-state index contributed by atoms with van der Waals surface area (Å²) in [4.78, 5) is 16.5. The molecule has 1 heterocycles. The third kappa shape index (κ3) is 2.98. The average molecular weight is 306 g/mol. The van der Waals surface area contributed by atoms with Crippen LogP contribution >= 0.6 is 0 Å². The summed E-state index contributed by atoms with van der Waals surface area (Å²) >= 11 is 0. The average Bonchev–Trinajstić information content (AvgIpc) is 2.53. The first kappa shape index (κ1) is 16.5. The topological polar surface area (TPSA) is 42.0 Å². The molecule has 0 radical (unpaired) electrons. The number of carbonyl (C=O) groups excluding carboxylic acids is 1. The highest BCUT2D eigenvalue weighted by Crippen LogP contribution is 2.34. The van der Waals surface area contributed by atoms with E-state index in [-0.39, 0.29) is 12.1 Å². The Morgan fingerprint density at radius 3 is 2.23 bits per heavy atom. The third-order valence-electron chi connectivity index (χ3n) is 4.37. The molecule has 1 unspecified atom stereocenters. The van der Waals surface area contributed by atoms with E-state index in [9.17, 15) is 4.79 Å². The highest BCUT2D eigenvalue weighted by atomic mass is 16.5. The molecule has 0 N–H and O–H groups in total. The van der Waals surface area contributed by atoms with Crippen molar-refractivity contribution in [2.24, 2.45) is 0 Å². The maximum Gasteiger partial charge on any atom is 0.320 e. The van der Waals surface area contributed by atoms with Crippen LogP contribution in [-0.2, 0) is 13.0 Å². The van der Waals surface area contributed by atoms with E-state index < -0.39 is 0 Å². The fraction of sp³-hybridized carbons (Fsp3) is 0.588. The van der Waals surface area contributed by atoms with Gasteiger partial charge in [-0.25, -0.2) is 4.79 Å². The van der Waals surface area contributed by atoms with Gasteiger partial charge in [-0.05, 0) is 50.5 Å². The summed E-state index contributed by atoms with van der Waals surface area (Å²) in [5, 5.41) is 0. The summed E-state index contributed by atoms with van der Waals surface area (Å²) in [6.07, 6.45) is 0.836. The minimum atomic E-state index is 0.109. The van der Waals surface area contributed by atoms with Crippen molar-refractivity contribution >= 4 is 6.03 Å². The lowest BCUT2D eigenvalue weighted by molar-refractivity contribution is 0.132. The predicted molar refractivity (Wildman–Crippen MR) is 86.6 cm³/mol. The summed E-state index contributed by atoms with van der Waals surface area (Å²) in [5.41, 5.74) is 2.37. The van der Waals surface area contributed by atoms with Crippen molar-refractivity contribution < 1.29 is 14.3 Å². The lowest BCUT2D eigenvalue weighted by Crippen LogP contribution is -2.49. The number of hydrogen-bond acceptors (Lipinski definition) is 3. The summed E-state index contributed by atoms with van der Waals surface area (Å²) in [6, 6.07) is 4.31. The molecule has 1 atom stereocenters. The molecule has 0 saturated heterocycles. The van der Waals surface area contributed by atoms with Crippen LogP contribution in [0.25, 0.3) is 0 Å². The highest BCUT2D eigenvalue weighted by molar-refractivity contribution is 5.75. The third-order valence-corrected chi connectivity index (χ3v) is 4.37. The van der Waals surface area contributed by atoms with Crippen LogP contribution < -0.4 is 9.47 Å². The predicted octanol–water partition coefficient (Wildman–Crippen LogP) is 2.91. The van der Waals surface area contributed by atoms with Gasteiger partial charge in [-0.3, -0.25) is 0 Å². The normalized spacial score (nSPS) is 17.0. The van der Waals surface area contributed by atoms with E-state index in [4.69, 9.17) is 9.47 Å². The van der Waals surface area contributed by atoms with Gasteiger partial charge >= 0.3 is 6.03 Å². The van der Waals surface area contributed by atoms with E-state index in [1.807, 2.05) is 35.8 Å². The van der Waals surface area contributed by atoms with Gasteiger partial charge in [0.2, 0.25) is 0 Å². The molecule has 1 aromatic carbocycles. The summed E-state index contributed by atoms with van der Waals surface area (Å²) in [5.74, 6) is 1.46. The quantitative estimate of drug-likeness (QED) is 0.859. The van der Waals surface area contributed by atoms with Crippen molar-refractivity contribution in [3.63, 3.8) is 0 Å². The van der Waals surface area contributed by atoms with E-state index in [0.29, 0.717) is 12.3 Å². The Kier molecular flexibility index (Phi) is 5.16. The lowest BCUT2D eigenvalue weighted by atomic mass is 9.94. The van der Waals surface area contributed by atoms with Gasteiger partial charge in [0, 0.05) is 25.7 Å². The summed E-state index contributed by atoms with van der Waals surface area (Å²) < 4.78 is 10.7. The number of carbonyl (C=O) groups is 1. The number of rotatable bonds is 4. The van der Waals surface area contributed by atoms with Crippen LogP contribution in [-0.4, -0.2) is 49.2 Å². The zero-order chi connectivity index (χ0) is 16.3. The molecule has 0 aliphatic carbocycles. The van der Waals surface area contributed by atoms with Gasteiger partial charge in [-0.1, -0.05) is 0 Å². The van der Waals surface area contributed by atoms with Gasteiger partial charge in [0.05, 0.1) is 14.2 Å². The van der Waals surface area contributed by atoms with Crippen molar-refractivity contribution in [1.29, 1.82) is 0 Å². The fourth-order valence-electron chi connectivity index (χ4n) is 3.00. The molecule has 5 nitrogen and oxygen atoms in total. The second kappa shape index (κ2) is 6.90. The molecule has 5 heteroatoms. The second-order valence-corrected chi connectivity index (χ2v) is 5.61. The standard InChI is InChI=1S/C17H26N2O3/c1-6-18(7-2)17(20)19-11-14-10-16(22-5)15(21-4)9-13(14)8-12(19)3/h9-10,12H,6-8,11H2,1-5H3. The Bertz CT molecular complexity index is 541. The monoisotopic (exact) mass is 306 g/mol. The molecule has 0 fully saturated rings. The van der Waals surface area contributed by atoms with Crippen LogP contribution in [0.5, 0.6) is 11.5 Å². The van der Waals surface area contributed by atoms with E-state index in [2.05, 4.69) is 6.92 Å². The molecule has 22 heavy (non-hydrogen) atoms. The molecule has 0 bridgehead atoms. The van der Waals surface area contributed by atoms with Crippen LogP contribution in [0.15, 0.2) is 12.1 Å². The van der Waals surface area contributed by atoms with Crippen molar-refractivity contribution in [2.75, 3.05) is 27.3 Å². The van der Waals surface area contributed by atoms with Crippen LogP contribution in [0.2, 0.25) is 0 Å². The van der Waals surface area contributed by atoms with E-state index >= 15 is 0 Å². The van der Waals surface area contributed by atoms with Crippen molar-refractivity contribution in [2.45, 2.75) is 39.8 Å². The van der Waals surface area contributed by atoms with Gasteiger partial charge in [-0.2, -0.15) is 0 Å². The number of hydrogen-bond donors (Lipinski definition) is 0. The Balaban J connectivity index is 2.30. The molecule has 0 aromatic heterocycles. The van der Waals surface area contributed by atoms with Gasteiger partial charge in [0.25, 0.3) is 0 Å². The second-order valence-electron chi connectivity index (χ2n) is 5.61. The van der Waals surface area contributed by atoms with Gasteiger partial charge in [-0.15, -0.1) is 0 Å². The van der Waals surface area contributed by atoms with Gasteiger partial charge in [0.1, 0.15) is 0 Å². The Hall–Kier alpha value is -1.91. The molecule has 1 aliphatic rings. The number of benzene rings is 1. The maximum atomic E-state index is 12.7.